The molecule has 1 fully saturated rings. The quantitative estimate of drug-likeness (QED) is 0.318. The van der Waals surface area contributed by atoms with Crippen LogP contribution >= 0.6 is 0 Å². The van der Waals surface area contributed by atoms with Gasteiger partial charge in [-0.1, -0.05) is 74.5 Å². The first-order chi connectivity index (χ1) is 20.9. The molecule has 0 spiro atoms. The lowest BCUT2D eigenvalue weighted by molar-refractivity contribution is -0.152. The van der Waals surface area contributed by atoms with E-state index in [0.717, 1.165) is 15.7 Å². The summed E-state index contributed by atoms with van der Waals surface area (Å²) in [6, 6.07) is 17.2. The van der Waals surface area contributed by atoms with Crippen LogP contribution in [0.5, 0.6) is 0 Å². The van der Waals surface area contributed by atoms with Crippen molar-refractivity contribution in [1.29, 1.82) is 0 Å². The highest BCUT2D eigenvalue weighted by molar-refractivity contribution is 5.86. The third-order valence-electron chi connectivity index (χ3n) is 7.35. The zero-order valence-electron chi connectivity index (χ0n) is 25.3. The molecule has 1 aliphatic heterocycles. The van der Waals surface area contributed by atoms with Crippen molar-refractivity contribution in [3.8, 4) is 0 Å². The van der Waals surface area contributed by atoms with Gasteiger partial charge in [-0.3, -0.25) is 14.5 Å². The Hall–Kier alpha value is -5.00. The number of anilines is 1. The van der Waals surface area contributed by atoms with Crippen molar-refractivity contribution in [2.45, 2.75) is 64.8 Å². The first-order valence-corrected chi connectivity index (χ1v) is 14.4. The van der Waals surface area contributed by atoms with Gasteiger partial charge in [0, 0.05) is 18.9 Å². The Kier molecular flexibility index (Phi) is 8.27. The molecule has 5 rings (SSSR count). The van der Waals surface area contributed by atoms with Crippen molar-refractivity contribution in [1.82, 2.24) is 24.0 Å². The number of hydrogen-bond acceptors (Lipinski definition) is 9. The molecular formula is C32H36N6O6. The number of nitrogen functional groups attached to an aromatic ring is 1. The molecule has 1 saturated heterocycles. The Morgan fingerprint density at radius 2 is 1.57 bits per heavy atom. The molecule has 44 heavy (non-hydrogen) atoms. The van der Waals surface area contributed by atoms with E-state index < -0.39 is 53.2 Å². The summed E-state index contributed by atoms with van der Waals surface area (Å²) in [5, 5.41) is 0. The van der Waals surface area contributed by atoms with Crippen molar-refractivity contribution in [2.75, 3.05) is 12.3 Å². The smallest absolute Gasteiger partial charge is 0.411 e. The number of fused-ring (bicyclic) bond motifs is 1. The summed E-state index contributed by atoms with van der Waals surface area (Å²) in [7, 11) is 0. The predicted molar refractivity (Wildman–Crippen MR) is 163 cm³/mol. The molecule has 12 nitrogen and oxygen atoms in total. The number of nitrogens with zero attached hydrogens (tertiary/aromatic N) is 5. The maximum Gasteiger partial charge on any atom is 0.411 e. The topological polar surface area (TPSA) is 152 Å². The standard InChI is InChI=1S/C32H36N6O6/c1-19(2)27(39)38-28(40)24-26(35-30(38)33)37(18-34-24)22-16-23(36(17-22)31(42)44-32(3,4)5)29(41)43-25(20-12-8-6-9-13-20)21-14-10-7-11-15-21/h6-15,18-19,22-23,25H,16-17H2,1-5H3,(H2,33,35)/t22-,23-/m1/s1. The lowest BCUT2D eigenvalue weighted by atomic mass is 10.0. The van der Waals surface area contributed by atoms with Crippen molar-refractivity contribution >= 4 is 35.1 Å². The van der Waals surface area contributed by atoms with Crippen LogP contribution in [0.4, 0.5) is 10.7 Å². The number of ether oxygens (including phenoxy) is 2. The van der Waals surface area contributed by atoms with Gasteiger partial charge in [0.2, 0.25) is 11.9 Å². The van der Waals surface area contributed by atoms with Crippen molar-refractivity contribution in [2.24, 2.45) is 5.92 Å². The first kappa shape index (κ1) is 30.5. The number of amides is 1. The van der Waals surface area contributed by atoms with Crippen LogP contribution in [0.25, 0.3) is 11.2 Å². The minimum Gasteiger partial charge on any atom is -0.451 e. The molecule has 0 saturated carbocycles. The first-order valence-electron chi connectivity index (χ1n) is 14.4. The maximum absolute atomic E-state index is 13.9. The van der Waals surface area contributed by atoms with Gasteiger partial charge in [-0.25, -0.2) is 19.1 Å². The van der Waals surface area contributed by atoms with Gasteiger partial charge in [0.15, 0.2) is 17.3 Å². The molecule has 2 aromatic heterocycles. The molecule has 1 amide bonds. The molecule has 0 bridgehead atoms. The summed E-state index contributed by atoms with van der Waals surface area (Å²) >= 11 is 0. The van der Waals surface area contributed by atoms with Gasteiger partial charge in [-0.15, -0.1) is 0 Å². The van der Waals surface area contributed by atoms with Gasteiger partial charge >= 0.3 is 12.1 Å². The number of nitrogens with two attached hydrogens (primary N) is 1. The highest BCUT2D eigenvalue weighted by Gasteiger charge is 2.44. The highest BCUT2D eigenvalue weighted by Crippen LogP contribution is 2.34. The Bertz CT molecular complexity index is 1700. The van der Waals surface area contributed by atoms with Gasteiger partial charge in [-0.05, 0) is 31.9 Å². The van der Waals surface area contributed by atoms with Crippen LogP contribution in [-0.4, -0.2) is 60.2 Å². The number of aromatic nitrogens is 4. The minimum atomic E-state index is -1.01. The van der Waals surface area contributed by atoms with Crippen LogP contribution in [0.3, 0.4) is 0 Å². The predicted octanol–water partition coefficient (Wildman–Crippen LogP) is 4.35. The van der Waals surface area contributed by atoms with E-state index in [4.69, 9.17) is 15.2 Å². The van der Waals surface area contributed by atoms with Crippen molar-refractivity contribution in [3.05, 3.63) is 88.5 Å². The van der Waals surface area contributed by atoms with Crippen LogP contribution in [0.1, 0.15) is 69.1 Å². The van der Waals surface area contributed by atoms with E-state index in [9.17, 15) is 19.2 Å². The van der Waals surface area contributed by atoms with E-state index in [2.05, 4.69) is 9.97 Å². The average Bonchev–Trinajstić information content (AvgIpc) is 3.61. The number of imidazole rings is 1. The Morgan fingerprint density at radius 3 is 2.11 bits per heavy atom. The summed E-state index contributed by atoms with van der Waals surface area (Å²) in [5.41, 5.74) is 6.23. The van der Waals surface area contributed by atoms with E-state index in [-0.39, 0.29) is 30.1 Å². The van der Waals surface area contributed by atoms with Crippen LogP contribution in [0.15, 0.2) is 71.8 Å². The fraction of sp³-hybridized carbons (Fsp3) is 0.375. The second-order valence-electron chi connectivity index (χ2n) is 12.1. The van der Waals surface area contributed by atoms with E-state index in [1.54, 1.807) is 39.2 Å². The lowest BCUT2D eigenvalue weighted by Crippen LogP contribution is -2.44. The number of rotatable bonds is 6. The molecule has 2 atom stereocenters. The molecule has 12 heteroatoms. The number of carbonyl (C=O) groups is 3. The van der Waals surface area contributed by atoms with Gasteiger partial charge in [0.25, 0.3) is 5.56 Å². The molecule has 4 aromatic rings. The SMILES string of the molecule is CC(C)C(=O)n1c(N)nc2c(ncn2[C@@H]2C[C@H](C(=O)OC(c3ccccc3)c3ccccc3)N(C(=O)OC(C)(C)C)C2)c1=O. The van der Waals surface area contributed by atoms with E-state index in [1.165, 1.54) is 11.2 Å². The second kappa shape index (κ2) is 11.9. The monoisotopic (exact) mass is 600 g/mol. The summed E-state index contributed by atoms with van der Waals surface area (Å²) in [6.07, 6.45) is 0.150. The second-order valence-corrected chi connectivity index (χ2v) is 12.1. The average molecular weight is 601 g/mol. The number of carbonyl (C=O) groups excluding carboxylic acids is 3. The number of esters is 1. The third-order valence-corrected chi connectivity index (χ3v) is 7.35. The van der Waals surface area contributed by atoms with Crippen LogP contribution < -0.4 is 11.3 Å². The Morgan fingerprint density at radius 1 is 0.977 bits per heavy atom. The zero-order valence-corrected chi connectivity index (χ0v) is 25.3. The normalized spacial score (nSPS) is 16.9. The summed E-state index contributed by atoms with van der Waals surface area (Å²) in [5.74, 6) is -1.87. The fourth-order valence-corrected chi connectivity index (χ4v) is 5.26. The molecule has 2 N–H and O–H groups in total. The minimum absolute atomic E-state index is 0.0451. The van der Waals surface area contributed by atoms with Crippen LogP contribution in [-0.2, 0) is 14.3 Å². The molecule has 0 aliphatic carbocycles. The van der Waals surface area contributed by atoms with E-state index >= 15 is 0 Å². The van der Waals surface area contributed by atoms with Crippen molar-refractivity contribution in [3.63, 3.8) is 0 Å². The summed E-state index contributed by atoms with van der Waals surface area (Å²) < 4.78 is 14.2. The number of likely N-dealkylation sites (tertiary alicyclic amines) is 1. The number of benzene rings is 2. The third kappa shape index (κ3) is 6.05. The van der Waals surface area contributed by atoms with Gasteiger partial charge < -0.3 is 19.8 Å². The van der Waals surface area contributed by atoms with Gasteiger partial charge in [0.05, 0.1) is 12.4 Å². The molecule has 0 unspecified atom stereocenters. The molecule has 3 heterocycles. The van der Waals surface area contributed by atoms with E-state index in [0.29, 0.717) is 0 Å². The molecule has 2 aromatic carbocycles. The largest absolute Gasteiger partial charge is 0.451 e. The summed E-state index contributed by atoms with van der Waals surface area (Å²) in [6.45, 7) is 8.59. The van der Waals surface area contributed by atoms with Crippen LogP contribution in [0, 0.1) is 5.92 Å². The summed E-state index contributed by atoms with van der Waals surface area (Å²) in [4.78, 5) is 63.1. The highest BCUT2D eigenvalue weighted by atomic mass is 16.6. The molecule has 0 radical (unpaired) electrons. The Labute approximate surface area is 254 Å². The molecule has 230 valence electrons. The lowest BCUT2D eigenvalue weighted by Gasteiger charge is -2.28. The van der Waals surface area contributed by atoms with Gasteiger partial charge in [0.1, 0.15) is 11.6 Å². The van der Waals surface area contributed by atoms with Gasteiger partial charge in [-0.2, -0.15) is 4.98 Å². The fourth-order valence-electron chi connectivity index (χ4n) is 5.26. The van der Waals surface area contributed by atoms with E-state index in [1.807, 2.05) is 60.7 Å². The zero-order chi connectivity index (χ0) is 31.8. The molecule has 1 aliphatic rings. The number of hydrogen-bond donors (Lipinski definition) is 1. The van der Waals surface area contributed by atoms with Crippen molar-refractivity contribution < 1.29 is 23.9 Å². The Balaban J connectivity index is 1.50. The maximum atomic E-state index is 13.9. The van der Waals surface area contributed by atoms with Crippen LogP contribution in [0.2, 0.25) is 0 Å². The molecular weight excluding hydrogens is 564 g/mol.